The van der Waals surface area contributed by atoms with E-state index in [-0.39, 0.29) is 24.9 Å². The molecule has 6 nitrogen and oxygen atoms in total. The second-order valence-electron chi connectivity index (χ2n) is 5.16. The Labute approximate surface area is 123 Å². The van der Waals surface area contributed by atoms with Gasteiger partial charge in [0.05, 0.1) is 12.1 Å². The van der Waals surface area contributed by atoms with Crippen molar-refractivity contribution >= 4 is 17.6 Å². The quantitative estimate of drug-likeness (QED) is 0.861. The number of carboxylic acids is 1. The third-order valence-electron chi connectivity index (χ3n) is 3.53. The summed E-state index contributed by atoms with van der Waals surface area (Å²) in [6, 6.07) is 5.28. The van der Waals surface area contributed by atoms with Crippen molar-refractivity contribution in [2.45, 2.75) is 38.8 Å². The summed E-state index contributed by atoms with van der Waals surface area (Å²) < 4.78 is 5.69. The Morgan fingerprint density at radius 2 is 2.24 bits per heavy atom. The number of carboxylic acid groups (broad SMARTS) is 1. The molecule has 3 N–H and O–H groups in total. The van der Waals surface area contributed by atoms with Gasteiger partial charge in [-0.25, -0.2) is 0 Å². The van der Waals surface area contributed by atoms with E-state index in [9.17, 15) is 9.59 Å². The van der Waals surface area contributed by atoms with E-state index in [0.717, 1.165) is 5.56 Å². The van der Waals surface area contributed by atoms with Gasteiger partial charge in [-0.2, -0.15) is 0 Å². The zero-order chi connectivity index (χ0) is 15.6. The van der Waals surface area contributed by atoms with Crippen LogP contribution in [0.1, 0.15) is 38.3 Å². The number of carbonyl (C=O) groups is 2. The molecular weight excluding hydrogens is 272 g/mol. The topological polar surface area (TPSA) is 92.9 Å². The lowest BCUT2D eigenvalue weighted by Gasteiger charge is -2.34. The summed E-state index contributed by atoms with van der Waals surface area (Å²) in [5.74, 6) is -0.545. The summed E-state index contributed by atoms with van der Waals surface area (Å²) in [5.41, 5.74) is 7.34. The molecule has 0 radical (unpaired) electrons. The monoisotopic (exact) mass is 292 g/mol. The number of rotatable bonds is 5. The number of hydrogen-bond acceptors (Lipinski definition) is 4. The Hall–Kier alpha value is -2.08. The predicted molar refractivity (Wildman–Crippen MR) is 78.4 cm³/mol. The van der Waals surface area contributed by atoms with Crippen LogP contribution in [0.15, 0.2) is 18.2 Å². The van der Waals surface area contributed by atoms with Crippen molar-refractivity contribution in [1.29, 1.82) is 0 Å². The van der Waals surface area contributed by atoms with Crippen LogP contribution in [0.2, 0.25) is 0 Å². The molecular formula is C15H20N2O4. The minimum atomic E-state index is -0.938. The van der Waals surface area contributed by atoms with Crippen molar-refractivity contribution in [3.63, 3.8) is 0 Å². The number of aliphatic carboxylic acids is 1. The molecule has 0 aliphatic carbocycles. The van der Waals surface area contributed by atoms with Crippen LogP contribution in [0.25, 0.3) is 0 Å². The Kier molecular flexibility index (Phi) is 4.47. The molecule has 1 amide bonds. The summed E-state index contributed by atoms with van der Waals surface area (Å²) in [4.78, 5) is 24.7. The number of nitrogens with two attached hydrogens (primary N) is 1. The molecule has 0 fully saturated rings. The molecule has 0 aromatic heterocycles. The van der Waals surface area contributed by atoms with Gasteiger partial charge in [-0.3, -0.25) is 9.59 Å². The van der Waals surface area contributed by atoms with E-state index in [0.29, 0.717) is 17.9 Å². The number of anilines is 1. The van der Waals surface area contributed by atoms with Gasteiger partial charge in [-0.15, -0.1) is 0 Å². The first kappa shape index (κ1) is 15.3. The zero-order valence-corrected chi connectivity index (χ0v) is 12.2. The van der Waals surface area contributed by atoms with Crippen molar-refractivity contribution in [3.8, 4) is 5.75 Å². The first-order chi connectivity index (χ1) is 9.93. The smallest absolute Gasteiger partial charge is 0.305 e. The van der Waals surface area contributed by atoms with Crippen molar-refractivity contribution in [1.82, 2.24) is 0 Å². The van der Waals surface area contributed by atoms with Crippen molar-refractivity contribution in [3.05, 3.63) is 23.8 Å². The van der Waals surface area contributed by atoms with Gasteiger partial charge in [-0.05, 0) is 31.0 Å². The summed E-state index contributed by atoms with van der Waals surface area (Å²) in [7, 11) is 0. The largest absolute Gasteiger partial charge is 0.481 e. The lowest BCUT2D eigenvalue weighted by Crippen LogP contribution is -2.46. The van der Waals surface area contributed by atoms with Gasteiger partial charge >= 0.3 is 5.97 Å². The molecule has 114 valence electrons. The number of ether oxygens (including phenoxy) is 1. The number of fused-ring (bicyclic) bond motifs is 1. The second-order valence-corrected chi connectivity index (χ2v) is 5.16. The molecule has 2 atom stereocenters. The molecule has 21 heavy (non-hydrogen) atoms. The van der Waals surface area contributed by atoms with Gasteiger partial charge in [0.2, 0.25) is 0 Å². The minimum Gasteiger partial charge on any atom is -0.481 e. The fourth-order valence-electron chi connectivity index (χ4n) is 2.32. The maximum absolute atomic E-state index is 12.4. The predicted octanol–water partition coefficient (Wildman–Crippen LogP) is 1.68. The second kappa shape index (κ2) is 6.13. The molecule has 1 aromatic carbocycles. The molecule has 0 saturated heterocycles. The van der Waals surface area contributed by atoms with E-state index in [1.165, 1.54) is 4.90 Å². The average molecular weight is 292 g/mol. The van der Waals surface area contributed by atoms with Gasteiger partial charge in [-0.1, -0.05) is 13.0 Å². The molecule has 6 heteroatoms. The van der Waals surface area contributed by atoms with E-state index in [1.54, 1.807) is 12.1 Å². The SMILES string of the molecule is CCC1Oc2ccc(C(C)N)cc2N(CCC(=O)O)C1=O. The molecule has 1 aliphatic heterocycles. The van der Waals surface area contributed by atoms with Crippen LogP contribution in [0.3, 0.4) is 0 Å². The van der Waals surface area contributed by atoms with E-state index in [4.69, 9.17) is 15.6 Å². The summed E-state index contributed by atoms with van der Waals surface area (Å²) in [5, 5.41) is 8.86. The molecule has 1 aliphatic rings. The summed E-state index contributed by atoms with van der Waals surface area (Å²) in [6.45, 7) is 3.84. The number of nitrogens with zero attached hydrogens (tertiary/aromatic N) is 1. The van der Waals surface area contributed by atoms with E-state index in [1.807, 2.05) is 19.9 Å². The van der Waals surface area contributed by atoms with Gasteiger partial charge in [0, 0.05) is 12.6 Å². The van der Waals surface area contributed by atoms with Gasteiger partial charge in [0.15, 0.2) is 6.10 Å². The van der Waals surface area contributed by atoms with Crippen LogP contribution in [-0.4, -0.2) is 29.6 Å². The molecule has 2 rings (SSSR count). The maximum Gasteiger partial charge on any atom is 0.305 e. The Balaban J connectivity index is 2.39. The number of carbonyl (C=O) groups excluding carboxylic acids is 1. The van der Waals surface area contributed by atoms with Gasteiger partial charge in [0.25, 0.3) is 5.91 Å². The van der Waals surface area contributed by atoms with Crippen molar-refractivity contribution < 1.29 is 19.4 Å². The highest BCUT2D eigenvalue weighted by molar-refractivity contribution is 6.00. The normalized spacial score (nSPS) is 18.9. The highest BCUT2D eigenvalue weighted by atomic mass is 16.5. The first-order valence-corrected chi connectivity index (χ1v) is 7.03. The van der Waals surface area contributed by atoms with Crippen molar-refractivity contribution in [2.75, 3.05) is 11.4 Å². The molecule has 0 bridgehead atoms. The van der Waals surface area contributed by atoms with E-state index < -0.39 is 12.1 Å². The average Bonchev–Trinajstić information content (AvgIpc) is 2.44. The molecule has 1 aromatic rings. The van der Waals surface area contributed by atoms with Crippen LogP contribution in [0.5, 0.6) is 5.75 Å². The third kappa shape index (κ3) is 3.16. The Morgan fingerprint density at radius 3 is 2.81 bits per heavy atom. The number of benzene rings is 1. The molecule has 0 saturated carbocycles. The fraction of sp³-hybridized carbons (Fsp3) is 0.467. The van der Waals surface area contributed by atoms with Gasteiger partial charge in [0.1, 0.15) is 5.75 Å². The Morgan fingerprint density at radius 1 is 1.52 bits per heavy atom. The van der Waals surface area contributed by atoms with Crippen LogP contribution in [0.4, 0.5) is 5.69 Å². The van der Waals surface area contributed by atoms with Crippen LogP contribution >= 0.6 is 0 Å². The van der Waals surface area contributed by atoms with E-state index >= 15 is 0 Å². The van der Waals surface area contributed by atoms with Gasteiger partial charge < -0.3 is 20.5 Å². The number of hydrogen-bond donors (Lipinski definition) is 2. The number of amides is 1. The zero-order valence-electron chi connectivity index (χ0n) is 12.2. The van der Waals surface area contributed by atoms with E-state index in [2.05, 4.69) is 0 Å². The lowest BCUT2D eigenvalue weighted by atomic mass is 10.0. The van der Waals surface area contributed by atoms with Crippen molar-refractivity contribution in [2.24, 2.45) is 5.73 Å². The highest BCUT2D eigenvalue weighted by Crippen LogP contribution is 2.36. The fourth-order valence-corrected chi connectivity index (χ4v) is 2.32. The Bertz CT molecular complexity index is 557. The third-order valence-corrected chi connectivity index (χ3v) is 3.53. The molecule has 0 spiro atoms. The molecule has 1 heterocycles. The van der Waals surface area contributed by atoms with Crippen LogP contribution in [0, 0.1) is 0 Å². The molecule has 2 unspecified atom stereocenters. The van der Waals surface area contributed by atoms with Crippen LogP contribution < -0.4 is 15.4 Å². The lowest BCUT2D eigenvalue weighted by molar-refractivity contribution is -0.136. The summed E-state index contributed by atoms with van der Waals surface area (Å²) in [6.07, 6.45) is -0.131. The summed E-state index contributed by atoms with van der Waals surface area (Å²) >= 11 is 0. The minimum absolute atomic E-state index is 0.107. The maximum atomic E-state index is 12.4. The standard InChI is InChI=1S/C15H20N2O4/c1-3-12-15(20)17(7-6-14(18)19)11-8-10(9(2)16)4-5-13(11)21-12/h4-5,8-9,12H,3,6-7,16H2,1-2H3,(H,18,19). The van der Waals surface area contributed by atoms with Crippen LogP contribution in [-0.2, 0) is 9.59 Å². The first-order valence-electron chi connectivity index (χ1n) is 7.03. The highest BCUT2D eigenvalue weighted by Gasteiger charge is 2.33.